The largest absolute Gasteiger partial charge is 0.458 e. The number of fused-ring (bicyclic) bond motifs is 9. The third kappa shape index (κ3) is 2.37. The molecule has 0 spiro atoms. The van der Waals surface area contributed by atoms with Gasteiger partial charge in [0, 0.05) is 5.41 Å². The molecule has 8 fully saturated rings. The molecule has 0 aromatic carbocycles. The molecular weight excluding hydrogens is 413 g/mol. The van der Waals surface area contributed by atoms with Crippen molar-refractivity contribution >= 4 is 5.97 Å². The molecular formula is C27H37F3O2. The first kappa shape index (κ1) is 20.6. The van der Waals surface area contributed by atoms with Crippen molar-refractivity contribution in [1.29, 1.82) is 0 Å². The molecule has 8 rings (SSSR count). The van der Waals surface area contributed by atoms with E-state index in [-0.39, 0.29) is 23.7 Å². The SMILES string of the molecule is CC(C)(OC(=O)C1(C(F)(F)F)CC2CC1C1C3CCC(C3)C21)C12CC3CC(CC(C3)C1)C2. The van der Waals surface area contributed by atoms with E-state index in [9.17, 15) is 18.0 Å². The normalized spacial score (nSPS) is 55.0. The number of rotatable bonds is 3. The molecule has 0 aliphatic heterocycles. The molecule has 0 aromatic heterocycles. The van der Waals surface area contributed by atoms with Crippen LogP contribution in [0, 0.1) is 64.1 Å². The molecule has 0 N–H and O–H groups in total. The molecule has 8 bridgehead atoms. The molecule has 8 saturated carbocycles. The fourth-order valence-electron chi connectivity index (χ4n) is 11.6. The predicted molar refractivity (Wildman–Crippen MR) is 113 cm³/mol. The van der Waals surface area contributed by atoms with Crippen molar-refractivity contribution in [2.75, 3.05) is 0 Å². The van der Waals surface area contributed by atoms with E-state index in [0.29, 0.717) is 41.9 Å². The molecule has 7 unspecified atom stereocenters. The summed E-state index contributed by atoms with van der Waals surface area (Å²) in [6, 6.07) is 0. The van der Waals surface area contributed by atoms with Crippen LogP contribution in [0.1, 0.15) is 84.5 Å². The Morgan fingerprint density at radius 2 is 1.34 bits per heavy atom. The number of carbonyl (C=O) groups is 1. The third-order valence-corrected chi connectivity index (χ3v) is 12.4. The highest BCUT2D eigenvalue weighted by Crippen LogP contribution is 2.75. The van der Waals surface area contributed by atoms with Gasteiger partial charge >= 0.3 is 12.1 Å². The zero-order valence-corrected chi connectivity index (χ0v) is 19.4. The van der Waals surface area contributed by atoms with Crippen molar-refractivity contribution < 1.29 is 22.7 Å². The highest BCUT2D eigenvalue weighted by atomic mass is 19.4. The molecule has 178 valence electrons. The maximum absolute atomic E-state index is 14.9. The summed E-state index contributed by atoms with van der Waals surface area (Å²) in [4.78, 5) is 13.8. The van der Waals surface area contributed by atoms with Gasteiger partial charge in [0.2, 0.25) is 0 Å². The minimum absolute atomic E-state index is 0.0126. The fourth-order valence-corrected chi connectivity index (χ4v) is 11.6. The van der Waals surface area contributed by atoms with Crippen LogP contribution in [0.5, 0.6) is 0 Å². The quantitative estimate of drug-likeness (QED) is 0.350. The topological polar surface area (TPSA) is 26.3 Å². The van der Waals surface area contributed by atoms with Gasteiger partial charge in [0.15, 0.2) is 5.41 Å². The number of ether oxygens (including phenoxy) is 1. The van der Waals surface area contributed by atoms with Crippen LogP contribution < -0.4 is 0 Å². The van der Waals surface area contributed by atoms with Gasteiger partial charge in [-0.2, -0.15) is 13.2 Å². The molecule has 0 aromatic rings. The number of hydrogen-bond acceptors (Lipinski definition) is 2. The smallest absolute Gasteiger partial charge is 0.405 e. The van der Waals surface area contributed by atoms with Crippen molar-refractivity contribution in [2.24, 2.45) is 64.1 Å². The summed E-state index contributed by atoms with van der Waals surface area (Å²) in [6.45, 7) is 3.88. The first-order chi connectivity index (χ1) is 15.0. The van der Waals surface area contributed by atoms with Crippen molar-refractivity contribution in [1.82, 2.24) is 0 Å². The van der Waals surface area contributed by atoms with Crippen molar-refractivity contribution in [2.45, 2.75) is 96.3 Å². The van der Waals surface area contributed by atoms with Gasteiger partial charge in [-0.3, -0.25) is 4.79 Å². The molecule has 8 aliphatic carbocycles. The summed E-state index contributed by atoms with van der Waals surface area (Å²) in [6.07, 6.45) is 6.31. The van der Waals surface area contributed by atoms with Gasteiger partial charge in [-0.25, -0.2) is 0 Å². The summed E-state index contributed by atoms with van der Waals surface area (Å²) in [7, 11) is 0. The zero-order chi connectivity index (χ0) is 22.3. The molecule has 5 heteroatoms. The van der Waals surface area contributed by atoms with E-state index in [2.05, 4.69) is 0 Å². The standard InChI is InChI=1S/C27H37F3O2/c1-24(2,25-10-14-5-15(11-25)7-16(6-14)12-25)32-23(31)26(27(28,29)30)13-19-9-20(26)22-18-4-3-17(8-18)21(19)22/h14-22H,3-13H2,1-2H3. The van der Waals surface area contributed by atoms with Crippen LogP contribution in [0.4, 0.5) is 13.2 Å². The Bertz CT molecular complexity index is 811. The van der Waals surface area contributed by atoms with E-state index in [1.54, 1.807) is 0 Å². The minimum Gasteiger partial charge on any atom is -0.458 e. The second-order valence-corrected chi connectivity index (χ2v) is 13.9. The van der Waals surface area contributed by atoms with Crippen LogP contribution in [0.15, 0.2) is 0 Å². The van der Waals surface area contributed by atoms with Gasteiger partial charge < -0.3 is 4.74 Å². The van der Waals surface area contributed by atoms with Crippen LogP contribution in [0.2, 0.25) is 0 Å². The van der Waals surface area contributed by atoms with E-state index >= 15 is 0 Å². The number of halogens is 3. The van der Waals surface area contributed by atoms with E-state index < -0.39 is 29.1 Å². The second-order valence-electron chi connectivity index (χ2n) is 13.9. The van der Waals surface area contributed by atoms with Crippen LogP contribution in [0.25, 0.3) is 0 Å². The Labute approximate surface area is 189 Å². The molecule has 8 aliphatic rings. The summed E-state index contributed by atoms with van der Waals surface area (Å²) in [5, 5.41) is 0. The van der Waals surface area contributed by atoms with Gasteiger partial charge in [0.05, 0.1) is 0 Å². The van der Waals surface area contributed by atoms with E-state index in [1.165, 1.54) is 25.7 Å². The van der Waals surface area contributed by atoms with Crippen LogP contribution in [0.3, 0.4) is 0 Å². The average molecular weight is 451 g/mol. The first-order valence-electron chi connectivity index (χ1n) is 13.3. The maximum Gasteiger partial charge on any atom is 0.405 e. The van der Waals surface area contributed by atoms with Crippen molar-refractivity contribution in [3.63, 3.8) is 0 Å². The summed E-state index contributed by atoms with van der Waals surface area (Å²) in [5.41, 5.74) is -3.21. The minimum atomic E-state index is -4.52. The Hall–Kier alpha value is -0.740. The lowest BCUT2D eigenvalue weighted by molar-refractivity contribution is -0.270. The Morgan fingerprint density at radius 1 is 0.781 bits per heavy atom. The summed E-state index contributed by atoms with van der Waals surface area (Å²) >= 11 is 0. The molecule has 32 heavy (non-hydrogen) atoms. The van der Waals surface area contributed by atoms with E-state index in [0.717, 1.165) is 32.1 Å². The Morgan fingerprint density at radius 3 is 1.91 bits per heavy atom. The predicted octanol–water partition coefficient (Wildman–Crippen LogP) is 6.78. The van der Waals surface area contributed by atoms with Gasteiger partial charge in [-0.1, -0.05) is 0 Å². The van der Waals surface area contributed by atoms with E-state index in [4.69, 9.17) is 4.74 Å². The molecule has 0 heterocycles. The Balaban J connectivity index is 1.21. The molecule has 0 amide bonds. The van der Waals surface area contributed by atoms with Gasteiger partial charge in [0.1, 0.15) is 5.60 Å². The van der Waals surface area contributed by atoms with Gasteiger partial charge in [-0.15, -0.1) is 0 Å². The zero-order valence-electron chi connectivity index (χ0n) is 19.4. The highest BCUT2D eigenvalue weighted by molar-refractivity contribution is 5.80. The fraction of sp³-hybridized carbons (Fsp3) is 0.963. The number of esters is 1. The summed E-state index contributed by atoms with van der Waals surface area (Å²) in [5.74, 6) is 2.19. The monoisotopic (exact) mass is 450 g/mol. The molecule has 2 nitrogen and oxygen atoms in total. The lowest BCUT2D eigenvalue weighted by Gasteiger charge is -2.62. The molecule has 0 radical (unpaired) electrons. The first-order valence-corrected chi connectivity index (χ1v) is 13.3. The molecule has 7 atom stereocenters. The average Bonchev–Trinajstić information content (AvgIpc) is 3.44. The second kappa shape index (κ2) is 6.08. The number of hydrogen-bond donors (Lipinski definition) is 0. The van der Waals surface area contributed by atoms with Crippen LogP contribution >= 0.6 is 0 Å². The van der Waals surface area contributed by atoms with Gasteiger partial charge in [-0.05, 0) is 138 Å². The number of carbonyl (C=O) groups excluding carboxylic acids is 1. The summed E-state index contributed by atoms with van der Waals surface area (Å²) < 4.78 is 50.7. The van der Waals surface area contributed by atoms with Crippen LogP contribution in [-0.4, -0.2) is 17.7 Å². The van der Waals surface area contributed by atoms with E-state index in [1.807, 2.05) is 13.8 Å². The maximum atomic E-state index is 14.9. The highest BCUT2D eigenvalue weighted by Gasteiger charge is 2.78. The van der Waals surface area contributed by atoms with Gasteiger partial charge in [0.25, 0.3) is 0 Å². The lowest BCUT2D eigenvalue weighted by Crippen LogP contribution is -2.60. The number of alkyl halides is 3. The Kier molecular flexibility index (Phi) is 3.92. The third-order valence-electron chi connectivity index (χ3n) is 12.4. The van der Waals surface area contributed by atoms with Crippen molar-refractivity contribution in [3.05, 3.63) is 0 Å². The molecule has 0 saturated heterocycles. The lowest BCUT2D eigenvalue weighted by atomic mass is 9.46. The van der Waals surface area contributed by atoms with Crippen LogP contribution in [-0.2, 0) is 9.53 Å². The van der Waals surface area contributed by atoms with Crippen molar-refractivity contribution in [3.8, 4) is 0 Å².